The zero-order chi connectivity index (χ0) is 16.4. The summed E-state index contributed by atoms with van der Waals surface area (Å²) < 4.78 is 37.7. The third-order valence-corrected chi connectivity index (χ3v) is 5.55. The van der Waals surface area contributed by atoms with Crippen molar-refractivity contribution in [3.8, 4) is 0 Å². The van der Waals surface area contributed by atoms with Crippen molar-refractivity contribution in [2.24, 2.45) is 0 Å². The Kier molecular flexibility index (Phi) is 5.21. The molecule has 1 aliphatic rings. The number of β-amino-alcohol motifs (C(OH)–C–C–N with tert-alkyl or cyclic N) is 1. The summed E-state index contributed by atoms with van der Waals surface area (Å²) in [6, 6.07) is 5.91. The monoisotopic (exact) mass is 330 g/mol. The van der Waals surface area contributed by atoms with Crippen LogP contribution in [-0.2, 0) is 10.0 Å². The van der Waals surface area contributed by atoms with E-state index >= 15 is 0 Å². The van der Waals surface area contributed by atoms with Crippen LogP contribution < -0.4 is 5.32 Å². The van der Waals surface area contributed by atoms with E-state index in [0.717, 1.165) is 0 Å². The van der Waals surface area contributed by atoms with Gasteiger partial charge in [0, 0.05) is 25.2 Å². The maximum atomic E-state index is 13.2. The lowest BCUT2D eigenvalue weighted by Gasteiger charge is -2.39. The number of sulfonamides is 1. The lowest BCUT2D eigenvalue weighted by atomic mass is 9.90. The Balaban J connectivity index is 1.89. The van der Waals surface area contributed by atoms with Crippen LogP contribution in [0, 0.1) is 5.82 Å². The Morgan fingerprint density at radius 1 is 1.41 bits per heavy atom. The molecule has 0 aliphatic carbocycles. The molecule has 1 heterocycles. The van der Waals surface area contributed by atoms with Crippen LogP contribution in [0.15, 0.2) is 24.3 Å². The summed E-state index contributed by atoms with van der Waals surface area (Å²) in [4.78, 5) is 0. The summed E-state index contributed by atoms with van der Waals surface area (Å²) in [5, 5.41) is 13.4. The van der Waals surface area contributed by atoms with Crippen LogP contribution in [0.25, 0.3) is 0 Å². The molecular formula is C15H23FN2O3S. The van der Waals surface area contributed by atoms with E-state index in [9.17, 15) is 17.9 Å². The van der Waals surface area contributed by atoms with Crippen LogP contribution in [0.5, 0.6) is 0 Å². The summed E-state index contributed by atoms with van der Waals surface area (Å²) in [5.41, 5.74) is 0.305. The number of piperidine rings is 1. The number of halogens is 1. The average Bonchev–Trinajstić information content (AvgIpc) is 2.44. The highest BCUT2D eigenvalue weighted by Gasteiger charge is 2.33. The number of benzene rings is 1. The fourth-order valence-electron chi connectivity index (χ4n) is 2.66. The smallest absolute Gasteiger partial charge is 0.211 e. The highest BCUT2D eigenvalue weighted by molar-refractivity contribution is 7.88. The van der Waals surface area contributed by atoms with Crippen molar-refractivity contribution in [3.05, 3.63) is 35.6 Å². The zero-order valence-electron chi connectivity index (χ0n) is 12.9. The topological polar surface area (TPSA) is 69.6 Å². The van der Waals surface area contributed by atoms with E-state index in [1.54, 1.807) is 12.1 Å². The third kappa shape index (κ3) is 4.49. The van der Waals surface area contributed by atoms with Crippen LogP contribution in [0.4, 0.5) is 4.39 Å². The molecule has 1 aromatic rings. The summed E-state index contributed by atoms with van der Waals surface area (Å²) in [5.74, 6) is -0.371. The molecule has 0 spiro atoms. The minimum absolute atomic E-state index is 0.227. The minimum Gasteiger partial charge on any atom is -0.387 e. The number of rotatable bonds is 5. The van der Waals surface area contributed by atoms with Crippen molar-refractivity contribution in [1.29, 1.82) is 0 Å². The fraction of sp³-hybridized carbons (Fsp3) is 0.600. The molecule has 1 aliphatic heterocycles. The van der Waals surface area contributed by atoms with Gasteiger partial charge in [-0.3, -0.25) is 0 Å². The summed E-state index contributed by atoms with van der Waals surface area (Å²) in [6.07, 6.45) is 1.78. The van der Waals surface area contributed by atoms with Crippen molar-refractivity contribution in [2.45, 2.75) is 31.4 Å². The van der Waals surface area contributed by atoms with Crippen molar-refractivity contribution < 1.29 is 17.9 Å². The van der Waals surface area contributed by atoms with Crippen LogP contribution in [-0.4, -0.2) is 49.3 Å². The van der Waals surface area contributed by atoms with Crippen LogP contribution in [0.1, 0.15) is 31.4 Å². The van der Waals surface area contributed by atoms with E-state index in [2.05, 4.69) is 5.32 Å². The zero-order valence-corrected chi connectivity index (χ0v) is 13.7. The second-order valence-electron chi connectivity index (χ2n) is 6.17. The summed E-state index contributed by atoms with van der Waals surface area (Å²) >= 11 is 0. The maximum absolute atomic E-state index is 13.2. The molecule has 0 aromatic heterocycles. The highest BCUT2D eigenvalue weighted by Crippen LogP contribution is 2.24. The van der Waals surface area contributed by atoms with E-state index in [0.29, 0.717) is 38.0 Å². The van der Waals surface area contributed by atoms with Crippen molar-refractivity contribution in [3.63, 3.8) is 0 Å². The predicted molar refractivity (Wildman–Crippen MR) is 83.4 cm³/mol. The summed E-state index contributed by atoms with van der Waals surface area (Å²) in [6.45, 7) is 3.26. The average molecular weight is 330 g/mol. The van der Waals surface area contributed by atoms with E-state index < -0.39 is 16.1 Å². The Morgan fingerprint density at radius 2 is 2.05 bits per heavy atom. The minimum atomic E-state index is -3.14. The Labute approximate surface area is 131 Å². The van der Waals surface area contributed by atoms with E-state index in [4.69, 9.17) is 0 Å². The molecule has 0 amide bonds. The lowest BCUT2D eigenvalue weighted by molar-refractivity contribution is 0.138. The van der Waals surface area contributed by atoms with Crippen molar-refractivity contribution in [2.75, 3.05) is 25.9 Å². The van der Waals surface area contributed by atoms with Gasteiger partial charge in [0.2, 0.25) is 10.0 Å². The van der Waals surface area contributed by atoms with Gasteiger partial charge in [-0.1, -0.05) is 12.1 Å². The number of nitrogens with one attached hydrogen (secondary N) is 1. The van der Waals surface area contributed by atoms with Crippen molar-refractivity contribution >= 4 is 10.0 Å². The van der Waals surface area contributed by atoms with Gasteiger partial charge in [0.15, 0.2) is 0 Å². The molecule has 0 unspecified atom stereocenters. The number of aliphatic hydroxyl groups excluding tert-OH is 1. The van der Waals surface area contributed by atoms with Gasteiger partial charge in [0.25, 0.3) is 0 Å². The predicted octanol–water partition coefficient (Wildman–Crippen LogP) is 1.26. The van der Waals surface area contributed by atoms with Crippen molar-refractivity contribution in [1.82, 2.24) is 9.62 Å². The molecule has 1 atom stereocenters. The molecule has 2 rings (SSSR count). The van der Waals surface area contributed by atoms with Crippen LogP contribution in [0.2, 0.25) is 0 Å². The van der Waals surface area contributed by atoms with Gasteiger partial charge in [-0.15, -0.1) is 0 Å². The molecule has 1 aromatic carbocycles. The quantitative estimate of drug-likeness (QED) is 0.853. The standard InChI is InChI=1S/C15H23FN2O3S/c1-15(6-8-18(9-7-15)22(2,20)21)17-11-14(19)12-4-3-5-13(16)10-12/h3-5,10,14,17,19H,6-9,11H2,1-2H3/t14-/m0/s1. The highest BCUT2D eigenvalue weighted by atomic mass is 32.2. The van der Waals surface area contributed by atoms with Gasteiger partial charge in [-0.05, 0) is 37.5 Å². The van der Waals surface area contributed by atoms with Gasteiger partial charge >= 0.3 is 0 Å². The number of hydrogen-bond acceptors (Lipinski definition) is 4. The molecule has 2 N–H and O–H groups in total. The Morgan fingerprint density at radius 3 is 2.59 bits per heavy atom. The van der Waals surface area contributed by atoms with Gasteiger partial charge < -0.3 is 10.4 Å². The number of hydrogen-bond donors (Lipinski definition) is 2. The summed E-state index contributed by atoms with van der Waals surface area (Å²) in [7, 11) is -3.14. The Hall–Kier alpha value is -1.02. The molecule has 0 radical (unpaired) electrons. The van der Waals surface area contributed by atoms with E-state index in [-0.39, 0.29) is 11.4 Å². The number of aliphatic hydroxyl groups is 1. The second kappa shape index (κ2) is 6.62. The molecule has 0 saturated carbocycles. The molecule has 0 bridgehead atoms. The van der Waals surface area contributed by atoms with Gasteiger partial charge in [0.05, 0.1) is 12.4 Å². The lowest BCUT2D eigenvalue weighted by Crippen LogP contribution is -2.53. The number of nitrogens with zero attached hydrogens (tertiary/aromatic N) is 1. The fourth-order valence-corrected chi connectivity index (χ4v) is 3.51. The molecule has 22 heavy (non-hydrogen) atoms. The first kappa shape index (κ1) is 17.3. The molecule has 7 heteroatoms. The second-order valence-corrected chi connectivity index (χ2v) is 8.16. The molecule has 5 nitrogen and oxygen atoms in total. The largest absolute Gasteiger partial charge is 0.387 e. The van der Waals surface area contributed by atoms with Gasteiger partial charge in [-0.2, -0.15) is 0 Å². The van der Waals surface area contributed by atoms with Crippen LogP contribution >= 0.6 is 0 Å². The molecule has 124 valence electrons. The van der Waals surface area contributed by atoms with Gasteiger partial charge in [0.1, 0.15) is 5.82 Å². The maximum Gasteiger partial charge on any atom is 0.211 e. The Bertz CT molecular complexity index is 613. The normalized spacial score (nSPS) is 20.7. The first-order valence-electron chi connectivity index (χ1n) is 7.33. The molecule has 1 fully saturated rings. The van der Waals surface area contributed by atoms with E-state index in [1.807, 2.05) is 6.92 Å². The molecule has 1 saturated heterocycles. The third-order valence-electron chi connectivity index (χ3n) is 4.25. The van der Waals surface area contributed by atoms with Crippen LogP contribution in [0.3, 0.4) is 0 Å². The SMILES string of the molecule is CC1(NC[C@H](O)c2cccc(F)c2)CCN(S(C)(=O)=O)CC1. The first-order chi connectivity index (χ1) is 10.2. The first-order valence-corrected chi connectivity index (χ1v) is 9.18. The van der Waals surface area contributed by atoms with E-state index in [1.165, 1.54) is 22.7 Å². The molecular weight excluding hydrogens is 307 g/mol. The van der Waals surface area contributed by atoms with Gasteiger partial charge in [-0.25, -0.2) is 17.1 Å².